The number of nitrogens with one attached hydrogen (secondary N) is 1. The molecule has 2 aromatic rings. The second kappa shape index (κ2) is 7.43. The standard InChI is InChI=1S/C15H12BrClINO/c16-12-4-5-14(18)13(7-12)15(20)19-9-11-3-1-2-10(6-11)8-17/h1-7H,8-9H2,(H,19,20). The third kappa shape index (κ3) is 4.20. The minimum absolute atomic E-state index is 0.0769. The van der Waals surface area contributed by atoms with Gasteiger partial charge < -0.3 is 5.32 Å². The number of hydrogen-bond acceptors (Lipinski definition) is 1. The Bertz CT molecular complexity index is 633. The predicted octanol–water partition coefficient (Wildman–Crippen LogP) is 4.72. The fourth-order valence-corrected chi connectivity index (χ4v) is 2.88. The van der Waals surface area contributed by atoms with E-state index >= 15 is 0 Å². The van der Waals surface area contributed by atoms with Crippen molar-refractivity contribution in [3.63, 3.8) is 0 Å². The second-order valence-electron chi connectivity index (χ2n) is 4.26. The van der Waals surface area contributed by atoms with Crippen molar-refractivity contribution < 1.29 is 4.79 Å². The van der Waals surface area contributed by atoms with Crippen molar-refractivity contribution in [2.75, 3.05) is 0 Å². The first-order chi connectivity index (χ1) is 9.60. The fourth-order valence-electron chi connectivity index (χ4n) is 1.77. The molecular weight excluding hydrogens is 452 g/mol. The van der Waals surface area contributed by atoms with Gasteiger partial charge in [-0.1, -0.05) is 40.2 Å². The monoisotopic (exact) mass is 463 g/mol. The summed E-state index contributed by atoms with van der Waals surface area (Å²) < 4.78 is 1.82. The van der Waals surface area contributed by atoms with Gasteiger partial charge in [0.15, 0.2) is 0 Å². The van der Waals surface area contributed by atoms with Gasteiger partial charge in [0.05, 0.1) is 5.56 Å². The molecule has 0 saturated heterocycles. The Labute approximate surface area is 145 Å². The molecule has 0 aromatic heterocycles. The van der Waals surface area contributed by atoms with Crippen molar-refractivity contribution in [1.29, 1.82) is 0 Å². The molecule has 0 bridgehead atoms. The summed E-state index contributed by atoms with van der Waals surface area (Å²) >= 11 is 11.3. The van der Waals surface area contributed by atoms with Crippen LogP contribution < -0.4 is 5.32 Å². The van der Waals surface area contributed by atoms with Crippen LogP contribution in [0.15, 0.2) is 46.9 Å². The average Bonchev–Trinajstić information content (AvgIpc) is 2.47. The molecule has 104 valence electrons. The van der Waals surface area contributed by atoms with Crippen LogP contribution in [-0.4, -0.2) is 5.91 Å². The van der Waals surface area contributed by atoms with E-state index in [4.69, 9.17) is 11.6 Å². The molecule has 5 heteroatoms. The predicted molar refractivity (Wildman–Crippen MR) is 94.0 cm³/mol. The van der Waals surface area contributed by atoms with Crippen LogP contribution in [0.2, 0.25) is 0 Å². The number of halogens is 3. The van der Waals surface area contributed by atoms with Crippen LogP contribution in [0, 0.1) is 3.57 Å². The Hall–Kier alpha value is -0.590. The smallest absolute Gasteiger partial charge is 0.252 e. The summed E-state index contributed by atoms with van der Waals surface area (Å²) in [6.45, 7) is 0.492. The summed E-state index contributed by atoms with van der Waals surface area (Å²) in [4.78, 5) is 12.2. The minimum atomic E-state index is -0.0769. The lowest BCUT2D eigenvalue weighted by atomic mass is 10.1. The van der Waals surface area contributed by atoms with E-state index in [0.717, 1.165) is 19.2 Å². The molecule has 1 N–H and O–H groups in total. The number of amides is 1. The maximum Gasteiger partial charge on any atom is 0.252 e. The molecule has 0 saturated carbocycles. The zero-order valence-corrected chi connectivity index (χ0v) is 15.0. The highest BCUT2D eigenvalue weighted by Crippen LogP contribution is 2.18. The van der Waals surface area contributed by atoms with Gasteiger partial charge in [-0.2, -0.15) is 0 Å². The lowest BCUT2D eigenvalue weighted by Gasteiger charge is -2.08. The molecule has 2 rings (SSSR count). The zero-order chi connectivity index (χ0) is 14.5. The van der Waals surface area contributed by atoms with Gasteiger partial charge in [-0.25, -0.2) is 0 Å². The molecule has 2 nitrogen and oxygen atoms in total. The molecular formula is C15H12BrClINO. The highest BCUT2D eigenvalue weighted by Gasteiger charge is 2.10. The number of hydrogen-bond donors (Lipinski definition) is 1. The highest BCUT2D eigenvalue weighted by molar-refractivity contribution is 14.1. The quantitative estimate of drug-likeness (QED) is 0.515. The highest BCUT2D eigenvalue weighted by atomic mass is 127. The maximum atomic E-state index is 12.2. The van der Waals surface area contributed by atoms with Gasteiger partial charge in [0, 0.05) is 20.5 Å². The van der Waals surface area contributed by atoms with Crippen molar-refractivity contribution in [2.45, 2.75) is 12.4 Å². The summed E-state index contributed by atoms with van der Waals surface area (Å²) in [5.74, 6) is 0.401. The van der Waals surface area contributed by atoms with E-state index in [1.54, 1.807) is 0 Å². The molecule has 0 fully saturated rings. The van der Waals surface area contributed by atoms with Crippen molar-refractivity contribution in [3.05, 3.63) is 67.2 Å². The molecule has 0 heterocycles. The van der Waals surface area contributed by atoms with E-state index in [-0.39, 0.29) is 5.91 Å². The van der Waals surface area contributed by atoms with Crippen LogP contribution in [0.5, 0.6) is 0 Å². The Morgan fingerprint density at radius 3 is 2.70 bits per heavy atom. The van der Waals surface area contributed by atoms with Gasteiger partial charge in [-0.3, -0.25) is 4.79 Å². The number of alkyl halides is 1. The Balaban J connectivity index is 2.06. The lowest BCUT2D eigenvalue weighted by molar-refractivity contribution is 0.0950. The van der Waals surface area contributed by atoms with Crippen LogP contribution >= 0.6 is 50.1 Å². The van der Waals surface area contributed by atoms with Crippen molar-refractivity contribution in [1.82, 2.24) is 5.32 Å². The van der Waals surface area contributed by atoms with E-state index in [2.05, 4.69) is 43.8 Å². The summed E-state index contributed by atoms with van der Waals surface area (Å²) in [7, 11) is 0. The first-order valence-electron chi connectivity index (χ1n) is 5.97. The molecule has 0 aliphatic carbocycles. The number of rotatable bonds is 4. The zero-order valence-electron chi connectivity index (χ0n) is 10.5. The van der Waals surface area contributed by atoms with E-state index in [1.165, 1.54) is 0 Å². The molecule has 0 spiro atoms. The van der Waals surface area contributed by atoms with Crippen LogP contribution in [0.1, 0.15) is 21.5 Å². The molecule has 0 aliphatic rings. The van der Waals surface area contributed by atoms with E-state index < -0.39 is 0 Å². The van der Waals surface area contributed by atoms with Gasteiger partial charge in [0.25, 0.3) is 5.91 Å². The molecule has 20 heavy (non-hydrogen) atoms. The third-order valence-electron chi connectivity index (χ3n) is 2.77. The topological polar surface area (TPSA) is 29.1 Å². The summed E-state index contributed by atoms with van der Waals surface area (Å²) in [5.41, 5.74) is 2.77. The molecule has 1 amide bonds. The summed E-state index contributed by atoms with van der Waals surface area (Å²) in [6.07, 6.45) is 0. The summed E-state index contributed by atoms with van der Waals surface area (Å²) in [6, 6.07) is 13.5. The van der Waals surface area contributed by atoms with Crippen LogP contribution in [0.3, 0.4) is 0 Å². The summed E-state index contributed by atoms with van der Waals surface area (Å²) in [5, 5.41) is 2.93. The Morgan fingerprint density at radius 1 is 1.20 bits per heavy atom. The molecule has 0 radical (unpaired) electrons. The van der Waals surface area contributed by atoms with E-state index in [1.807, 2.05) is 42.5 Å². The van der Waals surface area contributed by atoms with Crippen LogP contribution in [-0.2, 0) is 12.4 Å². The van der Waals surface area contributed by atoms with Crippen LogP contribution in [0.4, 0.5) is 0 Å². The first-order valence-corrected chi connectivity index (χ1v) is 8.38. The van der Waals surface area contributed by atoms with Gasteiger partial charge in [0.2, 0.25) is 0 Å². The molecule has 2 aromatic carbocycles. The van der Waals surface area contributed by atoms with Crippen molar-refractivity contribution in [3.8, 4) is 0 Å². The lowest BCUT2D eigenvalue weighted by Crippen LogP contribution is -2.23. The van der Waals surface area contributed by atoms with Gasteiger partial charge >= 0.3 is 0 Å². The normalized spacial score (nSPS) is 10.3. The van der Waals surface area contributed by atoms with Gasteiger partial charge in [-0.15, -0.1) is 11.6 Å². The average molecular weight is 465 g/mol. The van der Waals surface area contributed by atoms with Crippen molar-refractivity contribution >= 4 is 56.0 Å². The fraction of sp³-hybridized carbons (Fsp3) is 0.133. The van der Waals surface area contributed by atoms with Crippen LogP contribution in [0.25, 0.3) is 0 Å². The first kappa shape index (κ1) is 15.8. The number of benzene rings is 2. The molecule has 0 aliphatic heterocycles. The van der Waals surface area contributed by atoms with Gasteiger partial charge in [0.1, 0.15) is 0 Å². The second-order valence-corrected chi connectivity index (χ2v) is 6.61. The largest absolute Gasteiger partial charge is 0.348 e. The number of carbonyl (C=O) groups is 1. The van der Waals surface area contributed by atoms with E-state index in [0.29, 0.717) is 18.0 Å². The van der Waals surface area contributed by atoms with Crippen molar-refractivity contribution in [2.24, 2.45) is 0 Å². The maximum absolute atomic E-state index is 12.2. The number of carbonyl (C=O) groups excluding carboxylic acids is 1. The molecule has 0 atom stereocenters. The SMILES string of the molecule is O=C(NCc1cccc(CCl)c1)c1cc(Br)ccc1I. The minimum Gasteiger partial charge on any atom is -0.348 e. The molecule has 0 unspecified atom stereocenters. The Morgan fingerprint density at radius 2 is 1.95 bits per heavy atom. The third-order valence-corrected chi connectivity index (χ3v) is 4.51. The van der Waals surface area contributed by atoms with E-state index in [9.17, 15) is 4.79 Å². The Kier molecular flexibility index (Phi) is 5.86. The van der Waals surface area contributed by atoms with Gasteiger partial charge in [-0.05, 0) is 51.9 Å².